The van der Waals surface area contributed by atoms with Crippen LogP contribution in [0.4, 0.5) is 5.69 Å². The summed E-state index contributed by atoms with van der Waals surface area (Å²) in [5.74, 6) is 0.227. The molecule has 3 aromatic rings. The van der Waals surface area contributed by atoms with Gasteiger partial charge in [-0.15, -0.1) is 0 Å². The molecule has 6 nitrogen and oxygen atoms in total. The summed E-state index contributed by atoms with van der Waals surface area (Å²) in [7, 11) is 0. The number of halogens is 1. The molecule has 0 saturated heterocycles. The molecule has 0 fully saturated rings. The Balaban J connectivity index is 1.59. The Morgan fingerprint density at radius 1 is 1.19 bits per heavy atom. The van der Waals surface area contributed by atoms with E-state index in [1.807, 2.05) is 30.3 Å². The Morgan fingerprint density at radius 3 is 2.72 bits per heavy atom. The van der Waals surface area contributed by atoms with Crippen LogP contribution in [-0.4, -0.2) is 24.2 Å². The van der Waals surface area contributed by atoms with Crippen molar-refractivity contribution in [1.29, 1.82) is 0 Å². The van der Waals surface area contributed by atoms with E-state index < -0.39 is 5.97 Å². The summed E-state index contributed by atoms with van der Waals surface area (Å²) < 4.78 is 11.0. The molecule has 0 unspecified atom stereocenters. The van der Waals surface area contributed by atoms with Crippen LogP contribution in [-0.2, 0) is 9.53 Å². The third-order valence-electron chi connectivity index (χ3n) is 4.78. The summed E-state index contributed by atoms with van der Waals surface area (Å²) in [5.41, 5.74) is 2.61. The summed E-state index contributed by atoms with van der Waals surface area (Å²) in [5, 5.41) is 6.01. The van der Waals surface area contributed by atoms with Crippen LogP contribution in [0.15, 0.2) is 88.4 Å². The average Bonchev–Trinajstić information content (AvgIpc) is 3.38. The number of para-hydroxylation sites is 1. The van der Waals surface area contributed by atoms with Gasteiger partial charge in [0.1, 0.15) is 18.1 Å². The molecule has 2 aromatic carbocycles. The normalized spacial score (nSPS) is 14.6. The maximum Gasteiger partial charge on any atom is 0.339 e. The lowest BCUT2D eigenvalue weighted by Gasteiger charge is -2.10. The van der Waals surface area contributed by atoms with Crippen LogP contribution in [0.3, 0.4) is 0 Å². The van der Waals surface area contributed by atoms with Gasteiger partial charge in [0.05, 0.1) is 27.6 Å². The molecule has 0 saturated carbocycles. The number of hydrogen-bond acceptors (Lipinski definition) is 5. The van der Waals surface area contributed by atoms with Crippen LogP contribution >= 0.6 is 11.6 Å². The fourth-order valence-electron chi connectivity index (χ4n) is 3.20. The number of furan rings is 1. The fourth-order valence-corrected chi connectivity index (χ4v) is 3.40. The van der Waals surface area contributed by atoms with Crippen LogP contribution in [0.2, 0.25) is 5.02 Å². The maximum atomic E-state index is 12.9. The number of nitrogens with zero attached hydrogens (tertiary/aromatic N) is 2. The van der Waals surface area contributed by atoms with E-state index in [2.05, 4.69) is 11.7 Å². The van der Waals surface area contributed by atoms with Crippen molar-refractivity contribution >= 4 is 41.0 Å². The summed E-state index contributed by atoms with van der Waals surface area (Å²) in [4.78, 5) is 25.1. The van der Waals surface area contributed by atoms with Crippen LogP contribution in [0.5, 0.6) is 0 Å². The molecule has 0 bridgehead atoms. The predicted molar refractivity (Wildman–Crippen MR) is 125 cm³/mol. The lowest BCUT2D eigenvalue weighted by Crippen LogP contribution is -2.21. The van der Waals surface area contributed by atoms with E-state index in [-0.39, 0.29) is 23.1 Å². The molecule has 1 aromatic heterocycles. The van der Waals surface area contributed by atoms with Crippen molar-refractivity contribution in [2.75, 3.05) is 11.6 Å². The summed E-state index contributed by atoms with van der Waals surface area (Å²) >= 11 is 6.15. The van der Waals surface area contributed by atoms with E-state index >= 15 is 0 Å². The van der Waals surface area contributed by atoms with Crippen molar-refractivity contribution in [1.82, 2.24) is 0 Å². The largest absolute Gasteiger partial charge is 0.458 e. The third kappa shape index (κ3) is 4.26. The molecule has 160 valence electrons. The molecule has 0 spiro atoms. The highest BCUT2D eigenvalue weighted by Gasteiger charge is 2.29. The van der Waals surface area contributed by atoms with Crippen molar-refractivity contribution in [3.05, 3.63) is 95.2 Å². The minimum absolute atomic E-state index is 0.0901. The molecule has 7 heteroatoms. The quantitative estimate of drug-likeness (QED) is 0.274. The van der Waals surface area contributed by atoms with Gasteiger partial charge in [-0.05, 0) is 55.5 Å². The van der Waals surface area contributed by atoms with E-state index in [4.69, 9.17) is 20.8 Å². The number of rotatable bonds is 6. The van der Waals surface area contributed by atoms with Gasteiger partial charge in [-0.1, -0.05) is 42.5 Å². The van der Waals surface area contributed by atoms with Crippen molar-refractivity contribution in [3.63, 3.8) is 0 Å². The predicted octanol–water partition coefficient (Wildman–Crippen LogP) is 5.75. The lowest BCUT2D eigenvalue weighted by atomic mass is 10.1. The molecular formula is C25H19ClN2O4. The molecular weight excluding hydrogens is 428 g/mol. The zero-order valence-electron chi connectivity index (χ0n) is 17.2. The monoisotopic (exact) mass is 446 g/mol. The summed E-state index contributed by atoms with van der Waals surface area (Å²) in [6.07, 6.45) is 3.14. The van der Waals surface area contributed by atoms with Crippen molar-refractivity contribution in [3.8, 4) is 11.3 Å². The van der Waals surface area contributed by atoms with E-state index in [1.165, 1.54) is 11.1 Å². The number of anilines is 1. The minimum Gasteiger partial charge on any atom is -0.458 e. The fraction of sp³-hybridized carbons (Fsp3) is 0.0800. The SMILES string of the molecule is C=CCOC(=O)c1cc(-c2ccc(/C=C3\C(=O)N(c4ccccc4)N=C3C)o2)ccc1Cl. The molecule has 0 N–H and O–H groups in total. The molecule has 4 rings (SSSR count). The van der Waals surface area contributed by atoms with E-state index in [0.717, 1.165) is 0 Å². The summed E-state index contributed by atoms with van der Waals surface area (Å²) in [6, 6.07) is 17.7. The maximum absolute atomic E-state index is 12.9. The molecule has 1 aliphatic rings. The van der Waals surface area contributed by atoms with Gasteiger partial charge in [0, 0.05) is 5.56 Å². The van der Waals surface area contributed by atoms with Crippen molar-refractivity contribution < 1.29 is 18.7 Å². The lowest BCUT2D eigenvalue weighted by molar-refractivity contribution is -0.114. The Kier molecular flexibility index (Phi) is 6.05. The van der Waals surface area contributed by atoms with Gasteiger partial charge in [-0.3, -0.25) is 4.79 Å². The Hall–Kier alpha value is -3.90. The highest BCUT2D eigenvalue weighted by Crippen LogP contribution is 2.29. The zero-order chi connectivity index (χ0) is 22.7. The van der Waals surface area contributed by atoms with Gasteiger partial charge < -0.3 is 9.15 Å². The molecule has 32 heavy (non-hydrogen) atoms. The van der Waals surface area contributed by atoms with Crippen molar-refractivity contribution in [2.45, 2.75) is 6.92 Å². The number of hydrazone groups is 1. The van der Waals surface area contributed by atoms with Gasteiger partial charge in [0.15, 0.2) is 0 Å². The number of amides is 1. The number of benzene rings is 2. The van der Waals surface area contributed by atoms with Gasteiger partial charge in [0.25, 0.3) is 5.91 Å². The first kappa shape index (κ1) is 21.3. The molecule has 0 radical (unpaired) electrons. The van der Waals surface area contributed by atoms with E-state index in [9.17, 15) is 9.59 Å². The number of ether oxygens (including phenoxy) is 1. The van der Waals surface area contributed by atoms with E-state index in [1.54, 1.807) is 43.3 Å². The van der Waals surface area contributed by atoms with Gasteiger partial charge >= 0.3 is 5.97 Å². The van der Waals surface area contributed by atoms with Crippen LogP contribution < -0.4 is 5.01 Å². The highest BCUT2D eigenvalue weighted by molar-refractivity contribution is 6.33. The molecule has 0 aliphatic carbocycles. The second-order valence-corrected chi connectivity index (χ2v) is 7.39. The first-order valence-electron chi connectivity index (χ1n) is 9.82. The number of esters is 1. The topological polar surface area (TPSA) is 72.1 Å². The molecule has 2 heterocycles. The van der Waals surface area contributed by atoms with Crippen molar-refractivity contribution in [2.24, 2.45) is 5.10 Å². The number of hydrogen-bond donors (Lipinski definition) is 0. The van der Waals surface area contributed by atoms with Crippen LogP contribution in [0, 0.1) is 0 Å². The molecule has 1 aliphatic heterocycles. The van der Waals surface area contributed by atoms with Crippen LogP contribution in [0.25, 0.3) is 17.4 Å². The van der Waals surface area contributed by atoms with Gasteiger partial charge in [-0.25, -0.2) is 4.79 Å². The number of carbonyl (C=O) groups is 2. The smallest absolute Gasteiger partial charge is 0.339 e. The minimum atomic E-state index is -0.546. The Labute approximate surface area is 190 Å². The average molecular weight is 447 g/mol. The molecule has 1 amide bonds. The second-order valence-electron chi connectivity index (χ2n) is 6.98. The van der Waals surface area contributed by atoms with E-state index in [0.29, 0.717) is 34.1 Å². The standard InChI is InChI=1S/C25H19ClN2O4/c1-3-13-31-25(30)21-14-17(9-11-22(21)26)23-12-10-19(32-23)15-20-16(2)27-28(24(20)29)18-7-5-4-6-8-18/h3-12,14-15H,1,13H2,2H3/b20-15-. The van der Waals surface area contributed by atoms with Gasteiger partial charge in [0.2, 0.25) is 0 Å². The van der Waals surface area contributed by atoms with Crippen LogP contribution in [0.1, 0.15) is 23.0 Å². The Bertz CT molecular complexity index is 1260. The zero-order valence-corrected chi connectivity index (χ0v) is 18.0. The number of carbonyl (C=O) groups excluding carboxylic acids is 2. The summed E-state index contributed by atoms with van der Waals surface area (Å²) in [6.45, 7) is 5.39. The molecule has 0 atom stereocenters. The second kappa shape index (κ2) is 9.08. The first-order valence-corrected chi connectivity index (χ1v) is 10.2. The first-order chi connectivity index (χ1) is 15.5. The highest BCUT2D eigenvalue weighted by atomic mass is 35.5. The van der Waals surface area contributed by atoms with Gasteiger partial charge in [-0.2, -0.15) is 10.1 Å². The Morgan fingerprint density at radius 2 is 1.97 bits per heavy atom. The third-order valence-corrected chi connectivity index (χ3v) is 5.11.